The van der Waals surface area contributed by atoms with Crippen molar-refractivity contribution in [2.45, 2.75) is 25.3 Å². The molecule has 2 heterocycles. The average Bonchev–Trinajstić information content (AvgIpc) is 3.27. The molecule has 0 saturated heterocycles. The molecule has 32 heavy (non-hydrogen) atoms. The van der Waals surface area contributed by atoms with Gasteiger partial charge < -0.3 is 4.57 Å². The molecule has 0 saturated carbocycles. The van der Waals surface area contributed by atoms with Gasteiger partial charge in [-0.1, -0.05) is 35.5 Å². The fourth-order valence-corrected chi connectivity index (χ4v) is 4.17. The lowest BCUT2D eigenvalue weighted by atomic mass is 10.1. The lowest BCUT2D eigenvalue weighted by Crippen LogP contribution is -2.21. The molecule has 9 nitrogen and oxygen atoms in total. The number of benzene rings is 2. The van der Waals surface area contributed by atoms with Crippen LogP contribution >= 0.6 is 0 Å². The van der Waals surface area contributed by atoms with E-state index in [1.807, 2.05) is 17.6 Å². The highest BCUT2D eigenvalue weighted by Crippen LogP contribution is 2.23. The van der Waals surface area contributed by atoms with Crippen molar-refractivity contribution in [1.82, 2.24) is 14.3 Å². The summed E-state index contributed by atoms with van der Waals surface area (Å²) in [4.78, 5) is 25.3. The Morgan fingerprint density at radius 2 is 1.72 bits per heavy atom. The van der Waals surface area contributed by atoms with Crippen molar-refractivity contribution >= 4 is 15.8 Å². The number of primary sulfonamides is 1. The molecule has 0 aliphatic carbocycles. The predicted octanol–water partition coefficient (Wildman–Crippen LogP) is 2.44. The number of nitrogens with zero attached hydrogens (tertiary/aromatic N) is 3. The molecule has 4 rings (SSSR count). The van der Waals surface area contributed by atoms with E-state index in [1.165, 1.54) is 16.7 Å². The maximum absolute atomic E-state index is 13.1. The largest absolute Gasteiger partial charge is 0.442 e. The Morgan fingerprint density at radius 1 is 1.06 bits per heavy atom. The standard InChI is InChI=1S/C22H20N4O5S/c1-14-12-19(15(2)26(14)17-8-10-18(11-9-17)32(23,29)30)20(27)13-25-21(24-31-22(25)28)16-6-4-3-5-7-16/h3-12H,13H2,1-2H3,(H2,23,29,30). The summed E-state index contributed by atoms with van der Waals surface area (Å²) in [5.41, 5.74) is 3.20. The van der Waals surface area contributed by atoms with Crippen LogP contribution in [0.2, 0.25) is 0 Å². The van der Waals surface area contributed by atoms with Gasteiger partial charge in [-0.3, -0.25) is 9.32 Å². The van der Waals surface area contributed by atoms with Crippen molar-refractivity contribution in [2.24, 2.45) is 5.14 Å². The van der Waals surface area contributed by atoms with Gasteiger partial charge in [-0.15, -0.1) is 0 Å². The summed E-state index contributed by atoms with van der Waals surface area (Å²) < 4.78 is 30.8. The van der Waals surface area contributed by atoms with Crippen LogP contribution < -0.4 is 10.9 Å². The number of carbonyl (C=O) groups is 1. The Morgan fingerprint density at radius 3 is 2.34 bits per heavy atom. The Balaban J connectivity index is 1.68. The van der Waals surface area contributed by atoms with Gasteiger partial charge in [0.1, 0.15) is 0 Å². The first-order valence-corrected chi connectivity index (χ1v) is 11.2. The summed E-state index contributed by atoms with van der Waals surface area (Å²) in [5.74, 6) is -0.728. The molecule has 0 aliphatic rings. The molecule has 2 aromatic carbocycles. The second-order valence-corrected chi connectivity index (χ2v) is 8.87. The summed E-state index contributed by atoms with van der Waals surface area (Å²) in [6.45, 7) is 3.38. The van der Waals surface area contributed by atoms with E-state index in [-0.39, 0.29) is 23.0 Å². The van der Waals surface area contributed by atoms with Crippen LogP contribution in [0.3, 0.4) is 0 Å². The number of carbonyl (C=O) groups excluding carboxylic acids is 1. The Labute approximate surface area is 183 Å². The molecule has 0 radical (unpaired) electrons. The van der Waals surface area contributed by atoms with Crippen LogP contribution in [-0.2, 0) is 16.6 Å². The zero-order chi connectivity index (χ0) is 23.0. The van der Waals surface area contributed by atoms with Gasteiger partial charge in [0.05, 0.1) is 11.4 Å². The summed E-state index contributed by atoms with van der Waals surface area (Å²) in [6.07, 6.45) is 0. The predicted molar refractivity (Wildman–Crippen MR) is 117 cm³/mol. The van der Waals surface area contributed by atoms with Crippen LogP contribution in [0.4, 0.5) is 0 Å². The van der Waals surface area contributed by atoms with E-state index < -0.39 is 15.8 Å². The molecule has 0 unspecified atom stereocenters. The van der Waals surface area contributed by atoms with Crippen LogP contribution in [-0.4, -0.2) is 28.5 Å². The van der Waals surface area contributed by atoms with Gasteiger partial charge in [-0.05, 0) is 44.2 Å². The summed E-state index contributed by atoms with van der Waals surface area (Å²) in [6, 6.07) is 16.8. The Bertz CT molecular complexity index is 1460. The highest BCUT2D eigenvalue weighted by Gasteiger charge is 2.21. The van der Waals surface area contributed by atoms with E-state index in [0.29, 0.717) is 22.5 Å². The highest BCUT2D eigenvalue weighted by molar-refractivity contribution is 7.89. The number of hydrogen-bond donors (Lipinski definition) is 1. The van der Waals surface area contributed by atoms with Gasteiger partial charge in [0.2, 0.25) is 10.0 Å². The van der Waals surface area contributed by atoms with Crippen molar-refractivity contribution in [3.63, 3.8) is 0 Å². The molecule has 2 aromatic heterocycles. The van der Waals surface area contributed by atoms with Crippen molar-refractivity contribution in [3.05, 3.63) is 88.2 Å². The second-order valence-electron chi connectivity index (χ2n) is 7.31. The maximum Gasteiger partial charge on any atom is 0.442 e. The molecular formula is C22H20N4O5S. The number of Topliss-reactive ketones (excluding diaryl/α,β-unsaturated/α-hetero) is 1. The Hall–Kier alpha value is -3.76. The third-order valence-corrected chi connectivity index (χ3v) is 6.10. The van der Waals surface area contributed by atoms with Crippen LogP contribution in [0, 0.1) is 13.8 Å². The van der Waals surface area contributed by atoms with Crippen molar-refractivity contribution in [2.75, 3.05) is 0 Å². The molecule has 4 aromatic rings. The molecule has 0 fully saturated rings. The van der Waals surface area contributed by atoms with Crippen LogP contribution in [0.25, 0.3) is 17.1 Å². The summed E-state index contributed by atoms with van der Waals surface area (Å²) in [7, 11) is -3.80. The molecule has 0 aliphatic heterocycles. The van der Waals surface area contributed by atoms with Gasteiger partial charge in [-0.2, -0.15) is 0 Å². The fraction of sp³-hybridized carbons (Fsp3) is 0.136. The monoisotopic (exact) mass is 452 g/mol. The quantitative estimate of drug-likeness (QED) is 0.447. The first-order chi connectivity index (χ1) is 15.2. The highest BCUT2D eigenvalue weighted by atomic mass is 32.2. The van der Waals surface area contributed by atoms with Gasteiger partial charge in [-0.25, -0.2) is 22.9 Å². The third kappa shape index (κ3) is 3.93. The van der Waals surface area contributed by atoms with E-state index >= 15 is 0 Å². The molecule has 164 valence electrons. The number of nitrogens with two attached hydrogens (primary N) is 1. The first-order valence-electron chi connectivity index (χ1n) is 9.64. The van der Waals surface area contributed by atoms with E-state index in [9.17, 15) is 18.0 Å². The van der Waals surface area contributed by atoms with E-state index in [4.69, 9.17) is 9.66 Å². The van der Waals surface area contributed by atoms with Gasteiger partial charge in [0.15, 0.2) is 11.6 Å². The molecule has 0 atom stereocenters. The van der Waals surface area contributed by atoms with Gasteiger partial charge >= 0.3 is 5.76 Å². The molecule has 10 heteroatoms. The Kier molecular flexibility index (Phi) is 5.41. The van der Waals surface area contributed by atoms with E-state index in [0.717, 1.165) is 5.69 Å². The average molecular weight is 452 g/mol. The third-order valence-electron chi connectivity index (χ3n) is 5.17. The van der Waals surface area contributed by atoms with Gasteiger partial charge in [0.25, 0.3) is 0 Å². The maximum atomic E-state index is 13.1. The zero-order valence-corrected chi connectivity index (χ0v) is 18.2. The number of sulfonamides is 1. The lowest BCUT2D eigenvalue weighted by Gasteiger charge is -2.11. The molecule has 0 amide bonds. The minimum atomic E-state index is -3.80. The van der Waals surface area contributed by atoms with Crippen molar-refractivity contribution < 1.29 is 17.7 Å². The van der Waals surface area contributed by atoms with E-state index in [2.05, 4.69) is 5.16 Å². The minimum Gasteiger partial charge on any atom is -0.318 e. The van der Waals surface area contributed by atoms with Crippen molar-refractivity contribution in [3.8, 4) is 17.1 Å². The molecule has 0 bridgehead atoms. The topological polar surface area (TPSA) is 130 Å². The second kappa shape index (κ2) is 8.06. The van der Waals surface area contributed by atoms with Crippen molar-refractivity contribution in [1.29, 1.82) is 0 Å². The van der Waals surface area contributed by atoms with Crippen LogP contribution in [0.5, 0.6) is 0 Å². The van der Waals surface area contributed by atoms with Crippen LogP contribution in [0.15, 0.2) is 74.9 Å². The summed E-state index contributed by atoms with van der Waals surface area (Å²) >= 11 is 0. The number of rotatable bonds is 6. The van der Waals surface area contributed by atoms with E-state index in [1.54, 1.807) is 49.4 Å². The first kappa shape index (κ1) is 21.5. The molecule has 2 N–H and O–H groups in total. The smallest absolute Gasteiger partial charge is 0.318 e. The number of ketones is 1. The normalized spacial score (nSPS) is 11.6. The molecule has 0 spiro atoms. The van der Waals surface area contributed by atoms with Gasteiger partial charge in [0, 0.05) is 28.2 Å². The number of hydrogen-bond acceptors (Lipinski definition) is 6. The lowest BCUT2D eigenvalue weighted by molar-refractivity contribution is 0.0969. The zero-order valence-electron chi connectivity index (χ0n) is 17.3. The molecular weight excluding hydrogens is 432 g/mol. The fourth-order valence-electron chi connectivity index (χ4n) is 3.66. The minimum absolute atomic E-state index is 0.000265. The number of aryl methyl sites for hydroxylation is 1. The number of aromatic nitrogens is 3. The summed E-state index contributed by atoms with van der Waals surface area (Å²) in [5, 5.41) is 8.97. The van der Waals surface area contributed by atoms with Crippen LogP contribution in [0.1, 0.15) is 21.7 Å². The SMILES string of the molecule is Cc1cc(C(=O)Cn2c(-c3ccccc3)noc2=O)c(C)n1-c1ccc(S(N)(=O)=O)cc1.